The second kappa shape index (κ2) is 9.88. The van der Waals surface area contributed by atoms with E-state index in [-0.39, 0.29) is 18.7 Å². The number of aromatic nitrogens is 1. The van der Waals surface area contributed by atoms with Gasteiger partial charge in [0.25, 0.3) is 0 Å². The van der Waals surface area contributed by atoms with Crippen LogP contribution < -0.4 is 5.32 Å². The van der Waals surface area contributed by atoms with E-state index in [9.17, 15) is 14.7 Å². The number of nitrogens with one attached hydrogen (secondary N) is 1. The SMILES string of the molecule is Cc1ccc(Cl)c(NC(=O)C[C@@H](CC(=O)O)c2noc(C3CC(CC(C)C)C3)c2C2CC2)c1. The Morgan fingerprint density at radius 2 is 1.94 bits per heavy atom. The molecule has 0 bridgehead atoms. The van der Waals surface area contributed by atoms with Crippen LogP contribution in [0.1, 0.15) is 99.1 Å². The Kier molecular flexibility index (Phi) is 7.13. The predicted molar refractivity (Wildman–Crippen MR) is 128 cm³/mol. The van der Waals surface area contributed by atoms with Crippen molar-refractivity contribution in [2.75, 3.05) is 5.32 Å². The average molecular weight is 473 g/mol. The minimum atomic E-state index is -0.951. The lowest BCUT2D eigenvalue weighted by molar-refractivity contribution is -0.137. The number of benzene rings is 1. The molecule has 33 heavy (non-hydrogen) atoms. The van der Waals surface area contributed by atoms with Gasteiger partial charge in [0.05, 0.1) is 22.8 Å². The Labute approximate surface area is 200 Å². The number of carboxylic acids is 1. The first-order valence-corrected chi connectivity index (χ1v) is 12.4. The number of carbonyl (C=O) groups excluding carboxylic acids is 1. The van der Waals surface area contributed by atoms with Crippen molar-refractivity contribution < 1.29 is 19.2 Å². The Hall–Kier alpha value is -2.34. The number of anilines is 1. The van der Waals surface area contributed by atoms with Crippen molar-refractivity contribution in [2.24, 2.45) is 11.8 Å². The first-order chi connectivity index (χ1) is 15.7. The summed E-state index contributed by atoms with van der Waals surface area (Å²) in [5.74, 6) is 1.30. The minimum absolute atomic E-state index is 0.0168. The maximum atomic E-state index is 12.9. The highest BCUT2D eigenvalue weighted by Gasteiger charge is 2.42. The summed E-state index contributed by atoms with van der Waals surface area (Å²) in [7, 11) is 0. The summed E-state index contributed by atoms with van der Waals surface area (Å²) in [4.78, 5) is 24.5. The summed E-state index contributed by atoms with van der Waals surface area (Å²) in [6.07, 6.45) is 5.40. The number of aryl methyl sites for hydroxylation is 1. The van der Waals surface area contributed by atoms with Crippen molar-refractivity contribution in [3.8, 4) is 0 Å². The summed E-state index contributed by atoms with van der Waals surface area (Å²) >= 11 is 6.22. The van der Waals surface area contributed by atoms with Gasteiger partial charge in [0.2, 0.25) is 5.91 Å². The number of hydrogen-bond donors (Lipinski definition) is 2. The molecule has 1 aromatic carbocycles. The topological polar surface area (TPSA) is 92.4 Å². The lowest BCUT2D eigenvalue weighted by Crippen LogP contribution is -2.24. The van der Waals surface area contributed by atoms with E-state index in [0.717, 1.165) is 48.5 Å². The third-order valence-corrected chi connectivity index (χ3v) is 7.15. The summed E-state index contributed by atoms with van der Waals surface area (Å²) in [5, 5.41) is 17.2. The molecule has 4 rings (SSSR count). The van der Waals surface area contributed by atoms with Crippen LogP contribution in [0.5, 0.6) is 0 Å². The van der Waals surface area contributed by atoms with E-state index >= 15 is 0 Å². The Morgan fingerprint density at radius 1 is 1.21 bits per heavy atom. The van der Waals surface area contributed by atoms with Crippen LogP contribution in [0.15, 0.2) is 22.7 Å². The van der Waals surface area contributed by atoms with Crippen LogP contribution in [0.2, 0.25) is 5.02 Å². The third kappa shape index (κ3) is 5.78. The number of hydrogen-bond acceptors (Lipinski definition) is 4. The van der Waals surface area contributed by atoms with E-state index in [2.05, 4.69) is 24.3 Å². The van der Waals surface area contributed by atoms with Crippen molar-refractivity contribution in [3.63, 3.8) is 0 Å². The van der Waals surface area contributed by atoms with E-state index in [4.69, 9.17) is 16.1 Å². The summed E-state index contributed by atoms with van der Waals surface area (Å²) in [6.45, 7) is 6.42. The molecule has 1 amide bonds. The highest BCUT2D eigenvalue weighted by molar-refractivity contribution is 6.33. The smallest absolute Gasteiger partial charge is 0.304 e. The average Bonchev–Trinajstić information content (AvgIpc) is 3.44. The van der Waals surface area contributed by atoms with Gasteiger partial charge in [-0.2, -0.15) is 0 Å². The quantitative estimate of drug-likeness (QED) is 0.404. The molecular formula is C26H33ClN2O4. The Balaban J connectivity index is 1.52. The zero-order chi connectivity index (χ0) is 23.7. The van der Waals surface area contributed by atoms with Gasteiger partial charge in [0, 0.05) is 23.8 Å². The molecule has 2 N–H and O–H groups in total. The van der Waals surface area contributed by atoms with Gasteiger partial charge in [-0.1, -0.05) is 36.7 Å². The molecule has 0 radical (unpaired) electrons. The summed E-state index contributed by atoms with van der Waals surface area (Å²) in [5.41, 5.74) is 3.25. The van der Waals surface area contributed by atoms with Gasteiger partial charge < -0.3 is 14.9 Å². The molecule has 2 fully saturated rings. The van der Waals surface area contributed by atoms with E-state index in [1.54, 1.807) is 12.1 Å². The number of nitrogens with zero attached hydrogens (tertiary/aromatic N) is 1. The van der Waals surface area contributed by atoms with Crippen molar-refractivity contribution >= 4 is 29.2 Å². The third-order valence-electron chi connectivity index (χ3n) is 6.82. The molecule has 0 aliphatic heterocycles. The normalized spacial score (nSPS) is 21.0. The number of amides is 1. The summed E-state index contributed by atoms with van der Waals surface area (Å²) in [6, 6.07) is 5.41. The molecule has 2 aliphatic carbocycles. The zero-order valence-corrected chi connectivity index (χ0v) is 20.3. The standard InChI is InChI=1S/C26H33ClN2O4/c1-14(2)8-16-10-19(11-16)26-24(17-5-6-17)25(29-33-26)18(13-23(31)32)12-22(30)28-21-9-15(3)4-7-20(21)27/h4,7,9,14,16-19H,5-6,8,10-13H2,1-3H3,(H,28,30)(H,31,32)/t16?,18-,19?/m0/s1. The van der Waals surface area contributed by atoms with Crippen LogP contribution in [0.25, 0.3) is 0 Å². The number of carboxylic acid groups (broad SMARTS) is 1. The Morgan fingerprint density at radius 3 is 2.58 bits per heavy atom. The number of halogens is 1. The second-order valence-corrected chi connectivity index (χ2v) is 10.7. The number of carbonyl (C=O) groups is 2. The second-order valence-electron chi connectivity index (χ2n) is 10.3. The van der Waals surface area contributed by atoms with Crippen LogP contribution in [0, 0.1) is 18.8 Å². The molecule has 2 aliphatic rings. The lowest BCUT2D eigenvalue weighted by Gasteiger charge is -2.35. The van der Waals surface area contributed by atoms with Gasteiger partial charge in [0.1, 0.15) is 5.76 Å². The van der Waals surface area contributed by atoms with E-state index in [1.807, 2.05) is 13.0 Å². The molecule has 1 heterocycles. The molecule has 1 atom stereocenters. The van der Waals surface area contributed by atoms with Gasteiger partial charge in [0.15, 0.2) is 0 Å². The van der Waals surface area contributed by atoms with Gasteiger partial charge in [-0.05, 0) is 74.5 Å². The fourth-order valence-corrected chi connectivity index (χ4v) is 5.30. The first-order valence-electron chi connectivity index (χ1n) is 12.0. The maximum Gasteiger partial charge on any atom is 0.304 e. The van der Waals surface area contributed by atoms with Crippen LogP contribution in [-0.2, 0) is 9.59 Å². The largest absolute Gasteiger partial charge is 0.481 e. The molecule has 6 nitrogen and oxygen atoms in total. The fraction of sp³-hybridized carbons (Fsp3) is 0.577. The molecule has 1 aromatic heterocycles. The molecule has 178 valence electrons. The van der Waals surface area contributed by atoms with Gasteiger partial charge in [-0.25, -0.2) is 0 Å². The number of aliphatic carboxylic acids is 1. The van der Waals surface area contributed by atoms with Crippen molar-refractivity contribution in [1.29, 1.82) is 0 Å². The molecule has 0 unspecified atom stereocenters. The number of rotatable bonds is 10. The van der Waals surface area contributed by atoms with Crippen molar-refractivity contribution in [3.05, 3.63) is 45.8 Å². The highest BCUT2D eigenvalue weighted by Crippen LogP contribution is 2.52. The van der Waals surface area contributed by atoms with E-state index < -0.39 is 11.9 Å². The van der Waals surface area contributed by atoms with Crippen LogP contribution in [0.3, 0.4) is 0 Å². The molecule has 0 spiro atoms. The molecule has 2 aromatic rings. The Bertz CT molecular complexity index is 1020. The van der Waals surface area contributed by atoms with Crippen LogP contribution >= 0.6 is 11.6 Å². The molecular weight excluding hydrogens is 440 g/mol. The van der Waals surface area contributed by atoms with E-state index in [0.29, 0.717) is 34.2 Å². The predicted octanol–water partition coefficient (Wildman–Crippen LogP) is 6.64. The maximum absolute atomic E-state index is 12.9. The molecule has 0 saturated heterocycles. The van der Waals surface area contributed by atoms with Gasteiger partial charge in [-0.15, -0.1) is 0 Å². The van der Waals surface area contributed by atoms with Crippen LogP contribution in [0.4, 0.5) is 5.69 Å². The first kappa shape index (κ1) is 23.8. The van der Waals surface area contributed by atoms with Crippen molar-refractivity contribution in [1.82, 2.24) is 5.16 Å². The van der Waals surface area contributed by atoms with Gasteiger partial charge >= 0.3 is 5.97 Å². The fourth-order valence-electron chi connectivity index (χ4n) is 5.14. The van der Waals surface area contributed by atoms with Gasteiger partial charge in [-0.3, -0.25) is 9.59 Å². The van der Waals surface area contributed by atoms with E-state index in [1.165, 1.54) is 6.42 Å². The summed E-state index contributed by atoms with van der Waals surface area (Å²) < 4.78 is 5.86. The van der Waals surface area contributed by atoms with Crippen LogP contribution in [-0.4, -0.2) is 22.1 Å². The highest BCUT2D eigenvalue weighted by atomic mass is 35.5. The molecule has 7 heteroatoms. The van der Waals surface area contributed by atoms with Crippen molar-refractivity contribution in [2.45, 2.75) is 83.5 Å². The monoisotopic (exact) mass is 472 g/mol. The lowest BCUT2D eigenvalue weighted by atomic mass is 9.69. The zero-order valence-electron chi connectivity index (χ0n) is 19.6. The molecule has 2 saturated carbocycles. The minimum Gasteiger partial charge on any atom is -0.481 e.